The Bertz CT molecular complexity index is 551. The topological polar surface area (TPSA) is 57.6 Å². The van der Waals surface area contributed by atoms with E-state index in [1.807, 2.05) is 4.90 Å². The van der Waals surface area contributed by atoms with Crippen molar-refractivity contribution in [3.05, 3.63) is 21.9 Å². The highest BCUT2D eigenvalue weighted by Crippen LogP contribution is 2.51. The molecule has 1 saturated carbocycles. The third-order valence-corrected chi connectivity index (χ3v) is 6.57. The van der Waals surface area contributed by atoms with Crippen LogP contribution in [0.2, 0.25) is 0 Å². The van der Waals surface area contributed by atoms with Crippen LogP contribution in [0.1, 0.15) is 29.7 Å². The molecule has 1 aromatic heterocycles. The molecule has 1 fully saturated rings. The fourth-order valence-electron chi connectivity index (χ4n) is 2.78. The molecule has 21 heavy (non-hydrogen) atoms. The van der Waals surface area contributed by atoms with Crippen molar-refractivity contribution in [1.29, 1.82) is 0 Å². The number of carboxylic acids is 1. The lowest BCUT2D eigenvalue weighted by atomic mass is 10.1. The maximum absolute atomic E-state index is 12.3. The smallest absolute Gasteiger partial charge is 0.303 e. The summed E-state index contributed by atoms with van der Waals surface area (Å²) in [4.78, 5) is 26.4. The van der Waals surface area contributed by atoms with E-state index < -0.39 is 5.97 Å². The summed E-state index contributed by atoms with van der Waals surface area (Å²) in [6.45, 7) is 1.55. The summed E-state index contributed by atoms with van der Waals surface area (Å²) in [5.41, 5.74) is 1.26. The second-order valence-electron chi connectivity index (χ2n) is 6.00. The number of hydrogen-bond donors (Lipinski definition) is 1. The number of hydrogen-bond acceptors (Lipinski definition) is 4. The van der Waals surface area contributed by atoms with E-state index in [1.54, 1.807) is 23.1 Å². The highest BCUT2D eigenvalue weighted by Gasteiger charge is 2.44. The largest absolute Gasteiger partial charge is 0.481 e. The van der Waals surface area contributed by atoms with E-state index in [1.165, 1.54) is 10.4 Å². The third-order valence-electron chi connectivity index (χ3n) is 4.28. The van der Waals surface area contributed by atoms with Gasteiger partial charge in [0.05, 0.1) is 12.2 Å². The van der Waals surface area contributed by atoms with Gasteiger partial charge < -0.3 is 10.0 Å². The molecule has 1 aliphatic carbocycles. The summed E-state index contributed by atoms with van der Waals surface area (Å²) < 4.78 is 0. The van der Waals surface area contributed by atoms with Crippen LogP contribution in [0.25, 0.3) is 0 Å². The van der Waals surface area contributed by atoms with E-state index in [2.05, 4.69) is 11.4 Å². The molecule has 0 saturated heterocycles. The van der Waals surface area contributed by atoms with Crippen LogP contribution in [-0.4, -0.2) is 39.9 Å². The molecular weight excluding hydrogens is 306 g/mol. The SMILES string of the molecule is O=C(O)CC1(CSCC(=O)N2CCc3sccc3C2)CC1. The zero-order chi connectivity index (χ0) is 14.9. The van der Waals surface area contributed by atoms with Crippen LogP contribution >= 0.6 is 23.1 Å². The number of rotatable bonds is 6. The molecule has 3 rings (SSSR count). The van der Waals surface area contributed by atoms with Crippen molar-refractivity contribution in [3.8, 4) is 0 Å². The molecule has 2 heterocycles. The highest BCUT2D eigenvalue weighted by molar-refractivity contribution is 7.99. The van der Waals surface area contributed by atoms with Crippen molar-refractivity contribution >= 4 is 35.0 Å². The molecule has 0 bridgehead atoms. The number of carboxylic acid groups (broad SMARTS) is 1. The van der Waals surface area contributed by atoms with Gasteiger partial charge in [0, 0.05) is 18.0 Å². The van der Waals surface area contributed by atoms with Crippen LogP contribution in [0, 0.1) is 5.41 Å². The Hall–Kier alpha value is -1.01. The predicted molar refractivity (Wildman–Crippen MR) is 84.7 cm³/mol. The lowest BCUT2D eigenvalue weighted by Crippen LogP contribution is -2.36. The molecule has 0 radical (unpaired) electrons. The molecule has 2 aliphatic rings. The highest BCUT2D eigenvalue weighted by atomic mass is 32.2. The van der Waals surface area contributed by atoms with E-state index in [4.69, 9.17) is 5.11 Å². The van der Waals surface area contributed by atoms with Crippen LogP contribution < -0.4 is 0 Å². The lowest BCUT2D eigenvalue weighted by Gasteiger charge is -2.27. The molecule has 4 nitrogen and oxygen atoms in total. The number of fused-ring (bicyclic) bond motifs is 1. The number of carbonyl (C=O) groups is 2. The van der Waals surface area contributed by atoms with Crippen LogP contribution in [0.4, 0.5) is 0 Å². The van der Waals surface area contributed by atoms with Gasteiger partial charge in [0.25, 0.3) is 0 Å². The van der Waals surface area contributed by atoms with E-state index in [-0.39, 0.29) is 17.7 Å². The predicted octanol–water partition coefficient (Wildman–Crippen LogP) is 2.62. The van der Waals surface area contributed by atoms with Gasteiger partial charge in [-0.1, -0.05) is 0 Å². The fourth-order valence-corrected chi connectivity index (χ4v) is 4.95. The first kappa shape index (κ1) is 14.9. The molecular formula is C15H19NO3S2. The van der Waals surface area contributed by atoms with Gasteiger partial charge in [-0.2, -0.15) is 11.8 Å². The first-order chi connectivity index (χ1) is 10.1. The number of carbonyl (C=O) groups excluding carboxylic acids is 1. The maximum Gasteiger partial charge on any atom is 0.303 e. The van der Waals surface area contributed by atoms with Crippen LogP contribution in [0.3, 0.4) is 0 Å². The van der Waals surface area contributed by atoms with Crippen LogP contribution in [-0.2, 0) is 22.6 Å². The minimum atomic E-state index is -0.722. The van der Waals surface area contributed by atoms with Crippen molar-refractivity contribution in [2.75, 3.05) is 18.1 Å². The Morgan fingerprint density at radius 3 is 2.95 bits per heavy atom. The number of amides is 1. The van der Waals surface area contributed by atoms with Crippen LogP contribution in [0.5, 0.6) is 0 Å². The van der Waals surface area contributed by atoms with Gasteiger partial charge in [-0.15, -0.1) is 11.3 Å². The number of thioether (sulfide) groups is 1. The molecule has 1 aromatic rings. The van der Waals surface area contributed by atoms with E-state index in [0.29, 0.717) is 5.75 Å². The van der Waals surface area contributed by atoms with E-state index in [0.717, 1.165) is 38.1 Å². The second-order valence-corrected chi connectivity index (χ2v) is 7.98. The Morgan fingerprint density at radius 2 is 2.24 bits per heavy atom. The quantitative estimate of drug-likeness (QED) is 0.873. The van der Waals surface area contributed by atoms with Crippen molar-refractivity contribution < 1.29 is 14.7 Å². The summed E-state index contributed by atoms with van der Waals surface area (Å²) in [7, 11) is 0. The molecule has 0 aromatic carbocycles. The fraction of sp³-hybridized carbons (Fsp3) is 0.600. The lowest BCUT2D eigenvalue weighted by molar-refractivity contribution is -0.138. The summed E-state index contributed by atoms with van der Waals surface area (Å²) in [5, 5.41) is 11.0. The van der Waals surface area contributed by atoms with Crippen molar-refractivity contribution in [2.24, 2.45) is 5.41 Å². The molecule has 0 unspecified atom stereocenters. The molecule has 114 valence electrons. The van der Waals surface area contributed by atoms with Crippen molar-refractivity contribution in [1.82, 2.24) is 4.90 Å². The van der Waals surface area contributed by atoms with Gasteiger partial charge in [0.1, 0.15) is 0 Å². The van der Waals surface area contributed by atoms with Gasteiger partial charge in [0.2, 0.25) is 5.91 Å². The zero-order valence-corrected chi connectivity index (χ0v) is 13.5. The van der Waals surface area contributed by atoms with Crippen LogP contribution in [0.15, 0.2) is 11.4 Å². The Kier molecular flexibility index (Phi) is 4.26. The van der Waals surface area contributed by atoms with Gasteiger partial charge in [-0.05, 0) is 47.4 Å². The average molecular weight is 325 g/mol. The van der Waals surface area contributed by atoms with Gasteiger partial charge in [-0.25, -0.2) is 0 Å². The first-order valence-corrected chi connectivity index (χ1v) is 9.24. The summed E-state index contributed by atoms with van der Waals surface area (Å²) in [5.74, 6) is 0.729. The Labute approximate surface area is 132 Å². The van der Waals surface area contributed by atoms with Gasteiger partial charge in [0.15, 0.2) is 0 Å². The number of aliphatic carboxylic acids is 1. The van der Waals surface area contributed by atoms with Crippen molar-refractivity contribution in [3.63, 3.8) is 0 Å². The zero-order valence-electron chi connectivity index (χ0n) is 11.8. The molecule has 0 spiro atoms. The molecule has 1 aliphatic heterocycles. The maximum atomic E-state index is 12.3. The summed E-state index contributed by atoms with van der Waals surface area (Å²) >= 11 is 3.37. The summed E-state index contributed by atoms with van der Waals surface area (Å²) in [6.07, 6.45) is 3.19. The minimum Gasteiger partial charge on any atom is -0.481 e. The second kappa shape index (κ2) is 6.01. The summed E-state index contributed by atoms with van der Waals surface area (Å²) in [6, 6.07) is 2.11. The normalized spacial score (nSPS) is 19.1. The molecule has 0 atom stereocenters. The Morgan fingerprint density at radius 1 is 1.43 bits per heavy atom. The number of thiophene rings is 1. The van der Waals surface area contributed by atoms with Gasteiger partial charge >= 0.3 is 5.97 Å². The van der Waals surface area contributed by atoms with E-state index >= 15 is 0 Å². The van der Waals surface area contributed by atoms with Gasteiger partial charge in [-0.3, -0.25) is 9.59 Å². The minimum absolute atomic E-state index is 0.0286. The average Bonchev–Trinajstić information content (AvgIpc) is 3.02. The first-order valence-electron chi connectivity index (χ1n) is 7.21. The Balaban J connectivity index is 1.44. The van der Waals surface area contributed by atoms with Crippen molar-refractivity contribution in [2.45, 2.75) is 32.2 Å². The third kappa shape index (κ3) is 3.61. The number of nitrogens with zero attached hydrogens (tertiary/aromatic N) is 1. The molecule has 6 heteroatoms. The molecule has 1 amide bonds. The monoisotopic (exact) mass is 325 g/mol. The molecule has 1 N–H and O–H groups in total. The standard InChI is InChI=1S/C15H19NO3S2/c17-13(9-20-10-15(3-4-15)7-14(18)19)16-5-1-12-11(8-16)2-6-21-12/h2,6H,1,3-5,7-10H2,(H,18,19). The van der Waals surface area contributed by atoms with E-state index in [9.17, 15) is 9.59 Å².